The SMILES string of the molecule is CC(C)(C)OC(=O)N1CCN(C(=O)Nc2ccc(I)cc2)CC1. The van der Waals surface area contributed by atoms with Gasteiger partial charge in [-0.1, -0.05) is 0 Å². The molecule has 3 amide bonds. The van der Waals surface area contributed by atoms with Gasteiger partial charge in [0.1, 0.15) is 5.60 Å². The lowest BCUT2D eigenvalue weighted by Gasteiger charge is -2.35. The summed E-state index contributed by atoms with van der Waals surface area (Å²) in [7, 11) is 0. The number of nitrogens with one attached hydrogen (secondary N) is 1. The topological polar surface area (TPSA) is 61.9 Å². The van der Waals surface area contributed by atoms with Crippen molar-refractivity contribution in [3.63, 3.8) is 0 Å². The summed E-state index contributed by atoms with van der Waals surface area (Å²) in [5.74, 6) is 0. The van der Waals surface area contributed by atoms with E-state index in [4.69, 9.17) is 4.74 Å². The van der Waals surface area contributed by atoms with Gasteiger partial charge in [0.15, 0.2) is 0 Å². The average Bonchev–Trinajstić information content (AvgIpc) is 2.48. The van der Waals surface area contributed by atoms with Crippen molar-refractivity contribution < 1.29 is 14.3 Å². The van der Waals surface area contributed by atoms with Gasteiger partial charge in [0.25, 0.3) is 0 Å². The van der Waals surface area contributed by atoms with Crippen molar-refractivity contribution in [2.45, 2.75) is 26.4 Å². The monoisotopic (exact) mass is 431 g/mol. The Morgan fingerprint density at radius 2 is 1.57 bits per heavy atom. The van der Waals surface area contributed by atoms with Crippen molar-refractivity contribution in [2.24, 2.45) is 0 Å². The average molecular weight is 431 g/mol. The number of amides is 3. The number of nitrogens with zero attached hydrogens (tertiary/aromatic N) is 2. The molecule has 0 unspecified atom stereocenters. The van der Waals surface area contributed by atoms with Gasteiger partial charge in [-0.05, 0) is 67.6 Å². The van der Waals surface area contributed by atoms with E-state index in [0.29, 0.717) is 26.2 Å². The van der Waals surface area contributed by atoms with Crippen molar-refractivity contribution in [3.05, 3.63) is 27.8 Å². The minimum atomic E-state index is -0.504. The number of piperazine rings is 1. The standard InChI is InChI=1S/C16H22IN3O3/c1-16(2,3)23-15(22)20-10-8-19(9-11-20)14(21)18-13-6-4-12(17)5-7-13/h4-7H,8-11H2,1-3H3,(H,18,21). The van der Waals surface area contributed by atoms with Crippen LogP contribution in [0.2, 0.25) is 0 Å². The molecular formula is C16H22IN3O3. The molecule has 126 valence electrons. The predicted octanol–water partition coefficient (Wildman–Crippen LogP) is 3.38. The zero-order valence-corrected chi connectivity index (χ0v) is 15.8. The maximum Gasteiger partial charge on any atom is 0.410 e. The van der Waals surface area contributed by atoms with Gasteiger partial charge in [0, 0.05) is 35.4 Å². The molecule has 0 bridgehead atoms. The Kier molecular flexibility index (Phi) is 5.72. The highest BCUT2D eigenvalue weighted by molar-refractivity contribution is 14.1. The number of carbonyl (C=O) groups is 2. The summed E-state index contributed by atoms with van der Waals surface area (Å²) in [5, 5.41) is 2.87. The lowest BCUT2D eigenvalue weighted by molar-refractivity contribution is 0.0174. The van der Waals surface area contributed by atoms with Crippen LogP contribution in [0.4, 0.5) is 15.3 Å². The summed E-state index contributed by atoms with van der Waals surface area (Å²) in [6, 6.07) is 7.48. The molecular weight excluding hydrogens is 409 g/mol. The molecule has 2 rings (SSSR count). The number of ether oxygens (including phenoxy) is 1. The van der Waals surface area contributed by atoms with Gasteiger partial charge in [-0.15, -0.1) is 0 Å². The molecule has 0 radical (unpaired) electrons. The summed E-state index contributed by atoms with van der Waals surface area (Å²) in [6.07, 6.45) is -0.324. The lowest BCUT2D eigenvalue weighted by Crippen LogP contribution is -2.52. The second-order valence-corrected chi connectivity index (χ2v) is 7.64. The molecule has 1 heterocycles. The van der Waals surface area contributed by atoms with Crippen molar-refractivity contribution in [3.8, 4) is 0 Å². The summed E-state index contributed by atoms with van der Waals surface area (Å²) in [4.78, 5) is 27.6. The van der Waals surface area contributed by atoms with E-state index in [1.807, 2.05) is 45.0 Å². The van der Waals surface area contributed by atoms with Crippen LogP contribution in [0.3, 0.4) is 0 Å². The number of halogens is 1. The van der Waals surface area contributed by atoms with Crippen molar-refractivity contribution in [1.29, 1.82) is 0 Å². The first kappa shape index (κ1) is 17.8. The van der Waals surface area contributed by atoms with Crippen molar-refractivity contribution in [1.82, 2.24) is 9.80 Å². The maximum absolute atomic E-state index is 12.2. The predicted molar refractivity (Wildman–Crippen MR) is 97.6 cm³/mol. The second kappa shape index (κ2) is 7.37. The fourth-order valence-corrected chi connectivity index (χ4v) is 2.51. The lowest BCUT2D eigenvalue weighted by atomic mass is 10.2. The van der Waals surface area contributed by atoms with E-state index in [9.17, 15) is 9.59 Å². The van der Waals surface area contributed by atoms with Crippen molar-refractivity contribution >= 4 is 40.4 Å². The highest BCUT2D eigenvalue weighted by Crippen LogP contribution is 2.14. The molecule has 1 aromatic carbocycles. The van der Waals surface area contributed by atoms with Gasteiger partial charge < -0.3 is 19.9 Å². The molecule has 23 heavy (non-hydrogen) atoms. The molecule has 1 aliphatic heterocycles. The van der Waals surface area contributed by atoms with Crippen LogP contribution in [-0.4, -0.2) is 53.7 Å². The smallest absolute Gasteiger partial charge is 0.410 e. The number of carbonyl (C=O) groups excluding carboxylic acids is 2. The number of rotatable bonds is 1. The van der Waals surface area contributed by atoms with Crippen LogP contribution in [0.1, 0.15) is 20.8 Å². The molecule has 0 spiro atoms. The highest BCUT2D eigenvalue weighted by atomic mass is 127. The number of urea groups is 1. The first-order valence-electron chi connectivity index (χ1n) is 7.54. The fourth-order valence-electron chi connectivity index (χ4n) is 2.15. The molecule has 7 heteroatoms. The fraction of sp³-hybridized carbons (Fsp3) is 0.500. The quantitative estimate of drug-likeness (QED) is 0.694. The van der Waals surface area contributed by atoms with Crippen LogP contribution >= 0.6 is 22.6 Å². The molecule has 0 aromatic heterocycles. The van der Waals surface area contributed by atoms with Gasteiger partial charge in [0.2, 0.25) is 0 Å². The van der Waals surface area contributed by atoms with Gasteiger partial charge in [-0.3, -0.25) is 0 Å². The molecule has 6 nitrogen and oxygen atoms in total. The molecule has 1 fully saturated rings. The number of benzene rings is 1. The van der Waals surface area contributed by atoms with Crippen molar-refractivity contribution in [2.75, 3.05) is 31.5 Å². The van der Waals surface area contributed by atoms with E-state index in [2.05, 4.69) is 27.9 Å². The Hall–Kier alpha value is -1.51. The first-order valence-corrected chi connectivity index (χ1v) is 8.62. The minimum Gasteiger partial charge on any atom is -0.444 e. The summed E-state index contributed by atoms with van der Waals surface area (Å²) < 4.78 is 6.46. The molecule has 1 aromatic rings. The van der Waals surface area contributed by atoms with E-state index in [-0.39, 0.29) is 12.1 Å². The van der Waals surface area contributed by atoms with Crippen LogP contribution in [0.15, 0.2) is 24.3 Å². The molecule has 1 saturated heterocycles. The molecule has 1 aliphatic rings. The molecule has 1 N–H and O–H groups in total. The van der Waals surface area contributed by atoms with Crippen LogP contribution in [-0.2, 0) is 4.74 Å². The van der Waals surface area contributed by atoms with Crippen LogP contribution in [0, 0.1) is 3.57 Å². The van der Waals surface area contributed by atoms with Gasteiger partial charge in [0.05, 0.1) is 0 Å². The third-order valence-electron chi connectivity index (χ3n) is 3.31. The van der Waals surface area contributed by atoms with Gasteiger partial charge >= 0.3 is 12.1 Å². The van der Waals surface area contributed by atoms with E-state index in [1.165, 1.54) is 0 Å². The van der Waals surface area contributed by atoms with Gasteiger partial charge in [-0.2, -0.15) is 0 Å². The third kappa shape index (κ3) is 5.56. The Morgan fingerprint density at radius 1 is 1.04 bits per heavy atom. The van der Waals surface area contributed by atoms with Crippen LogP contribution < -0.4 is 5.32 Å². The Bertz CT molecular complexity index is 561. The molecule has 0 atom stereocenters. The van der Waals surface area contributed by atoms with E-state index in [1.54, 1.807) is 9.80 Å². The number of anilines is 1. The van der Waals surface area contributed by atoms with Crippen LogP contribution in [0.25, 0.3) is 0 Å². The Balaban J connectivity index is 1.83. The zero-order chi connectivity index (χ0) is 17.0. The zero-order valence-electron chi connectivity index (χ0n) is 13.6. The van der Waals surface area contributed by atoms with E-state index >= 15 is 0 Å². The third-order valence-corrected chi connectivity index (χ3v) is 4.03. The Morgan fingerprint density at radius 3 is 2.09 bits per heavy atom. The minimum absolute atomic E-state index is 0.143. The summed E-state index contributed by atoms with van der Waals surface area (Å²) >= 11 is 2.22. The van der Waals surface area contributed by atoms with Gasteiger partial charge in [-0.25, -0.2) is 9.59 Å². The normalized spacial score (nSPS) is 15.3. The van der Waals surface area contributed by atoms with E-state index < -0.39 is 5.60 Å². The molecule has 0 saturated carbocycles. The first-order chi connectivity index (χ1) is 10.7. The van der Waals surface area contributed by atoms with Crippen LogP contribution in [0.5, 0.6) is 0 Å². The maximum atomic E-state index is 12.2. The van der Waals surface area contributed by atoms with E-state index in [0.717, 1.165) is 9.26 Å². The summed E-state index contributed by atoms with van der Waals surface area (Å²) in [5.41, 5.74) is 0.265. The number of hydrogen-bond acceptors (Lipinski definition) is 3. The Labute approximate surface area is 150 Å². The number of hydrogen-bond donors (Lipinski definition) is 1. The second-order valence-electron chi connectivity index (χ2n) is 6.39. The largest absolute Gasteiger partial charge is 0.444 e. The highest BCUT2D eigenvalue weighted by Gasteiger charge is 2.27. The molecule has 0 aliphatic carbocycles. The summed E-state index contributed by atoms with van der Waals surface area (Å²) in [6.45, 7) is 7.48.